The molecule has 0 bridgehead atoms. The molecule has 3 heteroatoms. The molecule has 1 heterocycles. The van der Waals surface area contributed by atoms with E-state index in [-0.39, 0.29) is 5.82 Å². The predicted octanol–water partition coefficient (Wildman–Crippen LogP) is 3.39. The zero-order valence-corrected chi connectivity index (χ0v) is 9.16. The summed E-state index contributed by atoms with van der Waals surface area (Å²) in [7, 11) is 0. The zero-order chi connectivity index (χ0) is 12.0. The van der Waals surface area contributed by atoms with Crippen LogP contribution in [0.3, 0.4) is 0 Å². The molecule has 0 saturated heterocycles. The molecule has 0 N–H and O–H groups in total. The Morgan fingerprint density at radius 3 is 2.59 bits per heavy atom. The van der Waals surface area contributed by atoms with E-state index in [2.05, 4.69) is 0 Å². The van der Waals surface area contributed by atoms with Crippen molar-refractivity contribution in [2.75, 3.05) is 0 Å². The average molecular weight is 228 g/mol. The maximum atomic E-state index is 13.2. The van der Waals surface area contributed by atoms with Crippen molar-refractivity contribution in [3.8, 4) is 0 Å². The normalized spacial score (nSPS) is 11.2. The first-order valence-electron chi connectivity index (χ1n) is 5.28. The molecule has 0 aliphatic rings. The van der Waals surface area contributed by atoms with Crippen LogP contribution in [-0.4, -0.2) is 0 Å². The quantitative estimate of drug-likeness (QED) is 0.436. The maximum absolute atomic E-state index is 13.2. The van der Waals surface area contributed by atoms with Crippen LogP contribution in [0.25, 0.3) is 21.7 Å². The van der Waals surface area contributed by atoms with Crippen molar-refractivity contribution < 1.29 is 8.81 Å². The maximum Gasteiger partial charge on any atom is 0.344 e. The monoisotopic (exact) mass is 228 g/mol. The van der Waals surface area contributed by atoms with Gasteiger partial charge in [-0.1, -0.05) is 12.1 Å². The molecule has 1 aromatic heterocycles. The molecule has 3 aromatic rings. The summed E-state index contributed by atoms with van der Waals surface area (Å²) < 4.78 is 18.5. The highest BCUT2D eigenvalue weighted by Crippen LogP contribution is 2.24. The van der Waals surface area contributed by atoms with Gasteiger partial charge in [-0.25, -0.2) is 9.18 Å². The van der Waals surface area contributed by atoms with Gasteiger partial charge in [0, 0.05) is 10.8 Å². The summed E-state index contributed by atoms with van der Waals surface area (Å²) in [5.41, 5.74) is 1.06. The molecule has 2 aromatic carbocycles. The molecule has 0 spiro atoms. The molecule has 0 amide bonds. The first-order valence-corrected chi connectivity index (χ1v) is 5.28. The zero-order valence-electron chi connectivity index (χ0n) is 9.16. The third-order valence-electron chi connectivity index (χ3n) is 2.83. The largest absolute Gasteiger partial charge is 0.422 e. The van der Waals surface area contributed by atoms with E-state index in [0.29, 0.717) is 16.4 Å². The SMILES string of the molecule is Cc1ccc2c(c1)oc(=O)c1ccc(F)cc12. The molecule has 3 rings (SSSR count). The molecular formula is C14H9FO2. The van der Waals surface area contributed by atoms with Gasteiger partial charge in [-0.2, -0.15) is 0 Å². The van der Waals surface area contributed by atoms with Gasteiger partial charge in [0.05, 0.1) is 5.39 Å². The molecule has 0 unspecified atom stereocenters. The van der Waals surface area contributed by atoms with E-state index in [1.165, 1.54) is 18.2 Å². The van der Waals surface area contributed by atoms with Crippen LogP contribution < -0.4 is 5.63 Å². The molecule has 17 heavy (non-hydrogen) atoms. The Morgan fingerprint density at radius 1 is 1.00 bits per heavy atom. The highest BCUT2D eigenvalue weighted by Gasteiger charge is 2.07. The molecule has 84 valence electrons. The third kappa shape index (κ3) is 1.51. The van der Waals surface area contributed by atoms with Crippen molar-refractivity contribution >= 4 is 21.7 Å². The van der Waals surface area contributed by atoms with Gasteiger partial charge in [-0.15, -0.1) is 0 Å². The summed E-state index contributed by atoms with van der Waals surface area (Å²) in [6.07, 6.45) is 0. The van der Waals surface area contributed by atoms with Crippen LogP contribution in [0, 0.1) is 12.7 Å². The van der Waals surface area contributed by atoms with E-state index in [1.807, 2.05) is 19.1 Å². The van der Waals surface area contributed by atoms with Gasteiger partial charge in [0.25, 0.3) is 0 Å². The number of hydrogen-bond acceptors (Lipinski definition) is 2. The number of benzene rings is 2. The average Bonchev–Trinajstić information content (AvgIpc) is 2.28. The standard InChI is InChI=1S/C14H9FO2/c1-8-2-4-10-12-7-9(15)3-5-11(12)14(16)17-13(10)6-8/h2-7H,1H3. The smallest absolute Gasteiger partial charge is 0.344 e. The van der Waals surface area contributed by atoms with Crippen molar-refractivity contribution in [3.63, 3.8) is 0 Å². The van der Waals surface area contributed by atoms with Crippen molar-refractivity contribution in [2.24, 2.45) is 0 Å². The number of fused-ring (bicyclic) bond motifs is 3. The van der Waals surface area contributed by atoms with E-state index in [4.69, 9.17) is 4.42 Å². The summed E-state index contributed by atoms with van der Waals surface area (Å²) in [5.74, 6) is -0.357. The van der Waals surface area contributed by atoms with Gasteiger partial charge < -0.3 is 4.42 Å². The Bertz CT molecular complexity index is 787. The van der Waals surface area contributed by atoms with E-state index in [0.717, 1.165) is 10.9 Å². The van der Waals surface area contributed by atoms with Gasteiger partial charge in [0.1, 0.15) is 11.4 Å². The second kappa shape index (κ2) is 3.42. The van der Waals surface area contributed by atoms with Crippen LogP contribution in [0.15, 0.2) is 45.6 Å². The number of halogens is 1. The lowest BCUT2D eigenvalue weighted by Crippen LogP contribution is -2.00. The van der Waals surface area contributed by atoms with Crippen LogP contribution in [0.2, 0.25) is 0 Å². The second-order valence-corrected chi connectivity index (χ2v) is 4.08. The fourth-order valence-electron chi connectivity index (χ4n) is 2.01. The van der Waals surface area contributed by atoms with Crippen LogP contribution in [0.5, 0.6) is 0 Å². The molecule has 0 saturated carbocycles. The van der Waals surface area contributed by atoms with Crippen LogP contribution in [0.4, 0.5) is 4.39 Å². The molecule has 0 radical (unpaired) electrons. The third-order valence-corrected chi connectivity index (χ3v) is 2.83. The first kappa shape index (κ1) is 10.0. The fraction of sp³-hybridized carbons (Fsp3) is 0.0714. The van der Waals surface area contributed by atoms with E-state index in [1.54, 1.807) is 6.07 Å². The van der Waals surface area contributed by atoms with Gasteiger partial charge in [-0.3, -0.25) is 0 Å². The molecule has 0 atom stereocenters. The Kier molecular flexibility index (Phi) is 2.01. The number of aryl methyl sites for hydroxylation is 1. The summed E-state index contributed by atoms with van der Waals surface area (Å²) in [4.78, 5) is 11.7. The minimum absolute atomic E-state index is 0.357. The lowest BCUT2D eigenvalue weighted by atomic mass is 10.1. The lowest BCUT2D eigenvalue weighted by molar-refractivity contribution is 0.569. The van der Waals surface area contributed by atoms with Crippen molar-refractivity contribution in [3.05, 3.63) is 58.2 Å². The summed E-state index contributed by atoms with van der Waals surface area (Å²) in [6.45, 7) is 1.91. The van der Waals surface area contributed by atoms with Gasteiger partial charge in [0.15, 0.2) is 0 Å². The van der Waals surface area contributed by atoms with Crippen molar-refractivity contribution in [2.45, 2.75) is 6.92 Å². The molecule has 0 aliphatic heterocycles. The summed E-state index contributed by atoms with van der Waals surface area (Å²) in [6, 6.07) is 9.61. The van der Waals surface area contributed by atoms with Gasteiger partial charge >= 0.3 is 5.63 Å². The van der Waals surface area contributed by atoms with Gasteiger partial charge in [-0.05, 0) is 36.8 Å². The Morgan fingerprint density at radius 2 is 1.76 bits per heavy atom. The summed E-state index contributed by atoms with van der Waals surface area (Å²) >= 11 is 0. The van der Waals surface area contributed by atoms with Crippen LogP contribution in [-0.2, 0) is 0 Å². The highest BCUT2D eigenvalue weighted by molar-refractivity contribution is 6.04. The van der Waals surface area contributed by atoms with Crippen molar-refractivity contribution in [1.29, 1.82) is 0 Å². The van der Waals surface area contributed by atoms with Crippen LogP contribution >= 0.6 is 0 Å². The Hall–Kier alpha value is -2.16. The Labute approximate surface area is 96.3 Å². The van der Waals surface area contributed by atoms with E-state index < -0.39 is 5.63 Å². The number of rotatable bonds is 0. The number of hydrogen-bond donors (Lipinski definition) is 0. The van der Waals surface area contributed by atoms with E-state index in [9.17, 15) is 9.18 Å². The summed E-state index contributed by atoms with van der Waals surface area (Å²) in [5, 5.41) is 1.75. The Balaban J connectivity index is 2.62. The van der Waals surface area contributed by atoms with E-state index >= 15 is 0 Å². The molecule has 0 fully saturated rings. The predicted molar refractivity (Wildman–Crippen MR) is 64.7 cm³/mol. The molecule has 2 nitrogen and oxygen atoms in total. The lowest BCUT2D eigenvalue weighted by Gasteiger charge is -2.03. The molecule has 0 aliphatic carbocycles. The van der Waals surface area contributed by atoms with Crippen molar-refractivity contribution in [1.82, 2.24) is 0 Å². The van der Waals surface area contributed by atoms with Gasteiger partial charge in [0.2, 0.25) is 0 Å². The fourth-order valence-corrected chi connectivity index (χ4v) is 2.01. The minimum atomic E-state index is -0.432. The van der Waals surface area contributed by atoms with Crippen LogP contribution in [0.1, 0.15) is 5.56 Å². The molecular weight excluding hydrogens is 219 g/mol. The highest BCUT2D eigenvalue weighted by atomic mass is 19.1. The first-order chi connectivity index (χ1) is 8.15. The second-order valence-electron chi connectivity index (χ2n) is 4.08. The topological polar surface area (TPSA) is 30.2 Å². The minimum Gasteiger partial charge on any atom is -0.422 e.